The number of hydrogen-bond donors (Lipinski definition) is 1. The maximum atomic E-state index is 12.1. The van der Waals surface area contributed by atoms with Crippen molar-refractivity contribution in [1.29, 1.82) is 0 Å². The molecule has 0 saturated heterocycles. The molecule has 0 fully saturated rings. The van der Waals surface area contributed by atoms with Crippen LogP contribution in [-0.2, 0) is 17.9 Å². The standard InChI is InChI=1S/C18H20N4O2S2/c1-4-7-22-17(15-10-25-13(3)12(15)2)20-21-18(22)26-11-16(23)19-9-14-6-5-8-24-14/h4-6,8,10H,1,7,9,11H2,2-3H3,(H,19,23). The second kappa shape index (κ2) is 8.37. The van der Waals surface area contributed by atoms with Gasteiger partial charge in [0.1, 0.15) is 5.76 Å². The summed E-state index contributed by atoms with van der Waals surface area (Å²) >= 11 is 3.06. The molecule has 136 valence electrons. The molecule has 1 N–H and O–H groups in total. The second-order valence-corrected chi connectivity index (χ2v) is 7.71. The first-order valence-corrected chi connectivity index (χ1v) is 9.97. The lowest BCUT2D eigenvalue weighted by Gasteiger charge is -2.08. The van der Waals surface area contributed by atoms with E-state index in [4.69, 9.17) is 4.42 Å². The lowest BCUT2D eigenvalue weighted by Crippen LogP contribution is -2.24. The molecule has 0 aromatic carbocycles. The van der Waals surface area contributed by atoms with E-state index in [9.17, 15) is 4.79 Å². The molecule has 3 heterocycles. The number of allylic oxidation sites excluding steroid dienone is 1. The molecule has 1 amide bonds. The van der Waals surface area contributed by atoms with Crippen molar-refractivity contribution < 1.29 is 9.21 Å². The van der Waals surface area contributed by atoms with Gasteiger partial charge in [-0.25, -0.2) is 0 Å². The van der Waals surface area contributed by atoms with Gasteiger partial charge < -0.3 is 9.73 Å². The quantitative estimate of drug-likeness (QED) is 0.469. The Labute approximate surface area is 160 Å². The fraction of sp³-hybridized carbons (Fsp3) is 0.278. The summed E-state index contributed by atoms with van der Waals surface area (Å²) in [5, 5.41) is 14.3. The van der Waals surface area contributed by atoms with E-state index in [2.05, 4.69) is 41.3 Å². The van der Waals surface area contributed by atoms with Crippen molar-refractivity contribution in [3.63, 3.8) is 0 Å². The van der Waals surface area contributed by atoms with Crippen molar-refractivity contribution in [3.05, 3.63) is 52.6 Å². The van der Waals surface area contributed by atoms with Gasteiger partial charge in [0.05, 0.1) is 18.6 Å². The summed E-state index contributed by atoms with van der Waals surface area (Å²) in [4.78, 5) is 13.3. The molecule has 0 atom stereocenters. The van der Waals surface area contributed by atoms with E-state index in [1.165, 1.54) is 22.2 Å². The normalized spacial score (nSPS) is 10.8. The van der Waals surface area contributed by atoms with E-state index in [1.54, 1.807) is 23.7 Å². The highest BCUT2D eigenvalue weighted by molar-refractivity contribution is 7.99. The first-order chi connectivity index (χ1) is 12.6. The third-order valence-corrected chi connectivity index (χ3v) is 5.91. The minimum atomic E-state index is -0.0799. The zero-order valence-corrected chi connectivity index (χ0v) is 16.3. The highest BCUT2D eigenvalue weighted by Gasteiger charge is 2.18. The number of hydrogen-bond acceptors (Lipinski definition) is 6. The second-order valence-electron chi connectivity index (χ2n) is 5.68. The van der Waals surface area contributed by atoms with Gasteiger partial charge in [-0.05, 0) is 31.5 Å². The fourth-order valence-corrected chi connectivity index (χ4v) is 4.04. The van der Waals surface area contributed by atoms with E-state index >= 15 is 0 Å². The Morgan fingerprint density at radius 1 is 1.46 bits per heavy atom. The minimum absolute atomic E-state index is 0.0799. The van der Waals surface area contributed by atoms with Crippen LogP contribution in [0.25, 0.3) is 11.4 Å². The van der Waals surface area contributed by atoms with Crippen LogP contribution in [0.2, 0.25) is 0 Å². The summed E-state index contributed by atoms with van der Waals surface area (Å²) in [6, 6.07) is 3.62. The van der Waals surface area contributed by atoms with Crippen molar-refractivity contribution in [1.82, 2.24) is 20.1 Å². The fourth-order valence-electron chi connectivity index (χ4n) is 2.40. The van der Waals surface area contributed by atoms with E-state index in [0.717, 1.165) is 17.1 Å². The van der Waals surface area contributed by atoms with Gasteiger partial charge in [0.15, 0.2) is 11.0 Å². The van der Waals surface area contributed by atoms with Crippen molar-refractivity contribution in [2.75, 3.05) is 5.75 Å². The molecule has 0 unspecified atom stereocenters. The van der Waals surface area contributed by atoms with Crippen LogP contribution in [0, 0.1) is 13.8 Å². The molecule has 8 heteroatoms. The van der Waals surface area contributed by atoms with Crippen LogP contribution >= 0.6 is 23.1 Å². The molecular formula is C18H20N4O2S2. The van der Waals surface area contributed by atoms with E-state index in [0.29, 0.717) is 18.2 Å². The number of nitrogens with zero attached hydrogens (tertiary/aromatic N) is 3. The Morgan fingerprint density at radius 2 is 2.31 bits per heavy atom. The molecule has 6 nitrogen and oxygen atoms in total. The van der Waals surface area contributed by atoms with E-state index < -0.39 is 0 Å². The molecular weight excluding hydrogens is 368 g/mol. The molecule has 0 aliphatic carbocycles. The maximum Gasteiger partial charge on any atom is 0.230 e. The third-order valence-electron chi connectivity index (χ3n) is 3.93. The molecule has 0 aliphatic rings. The number of carbonyl (C=O) groups excluding carboxylic acids is 1. The maximum absolute atomic E-state index is 12.1. The molecule has 0 saturated carbocycles. The average Bonchev–Trinajstić information content (AvgIpc) is 3.35. The number of aromatic nitrogens is 3. The van der Waals surface area contributed by atoms with E-state index in [-0.39, 0.29) is 11.7 Å². The number of carbonyl (C=O) groups is 1. The number of rotatable bonds is 8. The van der Waals surface area contributed by atoms with Gasteiger partial charge in [-0.15, -0.1) is 28.1 Å². The molecule has 3 rings (SSSR count). The van der Waals surface area contributed by atoms with Crippen LogP contribution in [0.3, 0.4) is 0 Å². The highest BCUT2D eigenvalue weighted by Crippen LogP contribution is 2.31. The van der Waals surface area contributed by atoms with Crippen LogP contribution < -0.4 is 5.32 Å². The summed E-state index contributed by atoms with van der Waals surface area (Å²) in [7, 11) is 0. The van der Waals surface area contributed by atoms with Gasteiger partial charge in [0.25, 0.3) is 0 Å². The molecule has 0 bridgehead atoms. The van der Waals surface area contributed by atoms with Gasteiger partial charge in [0, 0.05) is 22.4 Å². The van der Waals surface area contributed by atoms with Gasteiger partial charge in [-0.3, -0.25) is 9.36 Å². The smallest absolute Gasteiger partial charge is 0.230 e. The summed E-state index contributed by atoms with van der Waals surface area (Å²) in [5.74, 6) is 1.72. The number of aryl methyl sites for hydroxylation is 1. The summed E-state index contributed by atoms with van der Waals surface area (Å²) in [5.41, 5.74) is 2.29. The Bertz CT molecular complexity index is 897. The van der Waals surface area contributed by atoms with Gasteiger partial charge in [0.2, 0.25) is 5.91 Å². The van der Waals surface area contributed by atoms with Crippen LogP contribution in [0.5, 0.6) is 0 Å². The lowest BCUT2D eigenvalue weighted by atomic mass is 10.1. The highest BCUT2D eigenvalue weighted by atomic mass is 32.2. The van der Waals surface area contributed by atoms with Crippen LogP contribution in [0.4, 0.5) is 0 Å². The monoisotopic (exact) mass is 388 g/mol. The largest absolute Gasteiger partial charge is 0.467 e. The van der Waals surface area contributed by atoms with Gasteiger partial charge >= 0.3 is 0 Å². The Morgan fingerprint density at radius 3 is 2.96 bits per heavy atom. The number of nitrogens with one attached hydrogen (secondary N) is 1. The SMILES string of the molecule is C=CCn1c(SCC(=O)NCc2ccco2)nnc1-c1csc(C)c1C. The zero-order chi connectivity index (χ0) is 18.5. The minimum Gasteiger partial charge on any atom is -0.467 e. The first-order valence-electron chi connectivity index (χ1n) is 8.11. The Kier molecular flexibility index (Phi) is 5.95. The van der Waals surface area contributed by atoms with Crippen LogP contribution in [0.15, 0.2) is 46.0 Å². The molecule has 3 aromatic rings. The zero-order valence-electron chi connectivity index (χ0n) is 14.7. The molecule has 26 heavy (non-hydrogen) atoms. The summed E-state index contributed by atoms with van der Waals surface area (Å²) < 4.78 is 7.20. The van der Waals surface area contributed by atoms with Gasteiger partial charge in [-0.2, -0.15) is 0 Å². The Balaban J connectivity index is 1.68. The third kappa shape index (κ3) is 4.08. The van der Waals surface area contributed by atoms with Crippen molar-refractivity contribution in [2.45, 2.75) is 32.1 Å². The first kappa shape index (κ1) is 18.5. The predicted octanol–water partition coefficient (Wildman–Crippen LogP) is 3.81. The molecule has 0 aliphatic heterocycles. The van der Waals surface area contributed by atoms with Gasteiger partial charge in [-0.1, -0.05) is 17.8 Å². The van der Waals surface area contributed by atoms with Crippen LogP contribution in [-0.4, -0.2) is 26.4 Å². The van der Waals surface area contributed by atoms with Crippen LogP contribution in [0.1, 0.15) is 16.2 Å². The van der Waals surface area contributed by atoms with E-state index in [1.807, 2.05) is 16.7 Å². The summed E-state index contributed by atoms with van der Waals surface area (Å²) in [6.45, 7) is 8.97. The molecule has 3 aromatic heterocycles. The predicted molar refractivity (Wildman–Crippen MR) is 104 cm³/mol. The lowest BCUT2D eigenvalue weighted by molar-refractivity contribution is -0.118. The molecule has 0 spiro atoms. The summed E-state index contributed by atoms with van der Waals surface area (Å²) in [6.07, 6.45) is 3.39. The number of thiophene rings is 1. The average molecular weight is 389 g/mol. The number of amides is 1. The van der Waals surface area contributed by atoms with Crippen molar-refractivity contribution in [3.8, 4) is 11.4 Å². The van der Waals surface area contributed by atoms with Crippen molar-refractivity contribution >= 4 is 29.0 Å². The molecule has 0 radical (unpaired) electrons. The van der Waals surface area contributed by atoms with Crippen molar-refractivity contribution in [2.24, 2.45) is 0 Å². The Hall–Kier alpha value is -2.32. The number of thioether (sulfide) groups is 1. The topological polar surface area (TPSA) is 73.0 Å². The number of furan rings is 1.